The van der Waals surface area contributed by atoms with Crippen LogP contribution in [-0.4, -0.2) is 52.2 Å². The lowest BCUT2D eigenvalue weighted by molar-refractivity contribution is -0.139. The third kappa shape index (κ3) is 5.48. The quantitative estimate of drug-likeness (QED) is 0.796. The van der Waals surface area contributed by atoms with Crippen molar-refractivity contribution in [3.63, 3.8) is 0 Å². The first-order chi connectivity index (χ1) is 9.23. The molecule has 0 spiro atoms. The molecule has 116 valence electrons. The van der Waals surface area contributed by atoms with Crippen molar-refractivity contribution < 1.29 is 27.9 Å². The highest BCUT2D eigenvalue weighted by atomic mass is 19.4. The Labute approximate surface area is 115 Å². The van der Waals surface area contributed by atoms with E-state index in [0.717, 1.165) is 0 Å². The van der Waals surface area contributed by atoms with Crippen LogP contribution in [0.5, 0.6) is 0 Å². The van der Waals surface area contributed by atoms with Crippen LogP contribution in [0.2, 0.25) is 0 Å². The van der Waals surface area contributed by atoms with Crippen LogP contribution in [0, 0.1) is 13.8 Å². The SMILES string of the molecule is Cc1noc(C)c1CN(CCC(F)(F)F)C[C@H](O)CO. The van der Waals surface area contributed by atoms with E-state index < -0.39 is 25.3 Å². The Hall–Kier alpha value is -1.12. The monoisotopic (exact) mass is 296 g/mol. The van der Waals surface area contributed by atoms with E-state index in [1.807, 2.05) is 0 Å². The summed E-state index contributed by atoms with van der Waals surface area (Å²) in [4.78, 5) is 1.43. The first-order valence-electron chi connectivity index (χ1n) is 6.22. The van der Waals surface area contributed by atoms with Crippen LogP contribution < -0.4 is 0 Å². The number of aromatic nitrogens is 1. The first-order valence-corrected chi connectivity index (χ1v) is 6.22. The van der Waals surface area contributed by atoms with Crippen LogP contribution in [0.4, 0.5) is 13.2 Å². The Kier molecular flexibility index (Phi) is 5.97. The van der Waals surface area contributed by atoms with Gasteiger partial charge in [0, 0.05) is 25.2 Å². The summed E-state index contributed by atoms with van der Waals surface area (Å²) >= 11 is 0. The van der Waals surface area contributed by atoms with Crippen LogP contribution in [-0.2, 0) is 6.54 Å². The Morgan fingerprint density at radius 2 is 2.00 bits per heavy atom. The molecule has 1 aromatic rings. The van der Waals surface area contributed by atoms with Gasteiger partial charge in [0.2, 0.25) is 0 Å². The van der Waals surface area contributed by atoms with Gasteiger partial charge in [0.15, 0.2) is 0 Å². The van der Waals surface area contributed by atoms with Crippen molar-refractivity contribution in [2.45, 2.75) is 39.1 Å². The standard InChI is InChI=1S/C12H19F3N2O3/c1-8-11(9(2)20-16-8)6-17(5-10(19)7-18)4-3-12(13,14)15/h10,18-19H,3-7H2,1-2H3/t10-/m0/s1. The van der Waals surface area contributed by atoms with Gasteiger partial charge in [-0.15, -0.1) is 0 Å². The van der Waals surface area contributed by atoms with E-state index in [9.17, 15) is 18.3 Å². The fourth-order valence-corrected chi connectivity index (χ4v) is 1.83. The van der Waals surface area contributed by atoms with Gasteiger partial charge in [-0.25, -0.2) is 0 Å². The Bertz CT molecular complexity index is 401. The van der Waals surface area contributed by atoms with E-state index in [1.165, 1.54) is 4.90 Å². The minimum absolute atomic E-state index is 0.0450. The first kappa shape index (κ1) is 16.9. The predicted octanol–water partition coefficient (Wildman–Crippen LogP) is 1.40. The van der Waals surface area contributed by atoms with Gasteiger partial charge in [-0.3, -0.25) is 4.90 Å². The molecule has 0 aliphatic rings. The van der Waals surface area contributed by atoms with Gasteiger partial charge >= 0.3 is 6.18 Å². The molecule has 1 rings (SSSR count). The van der Waals surface area contributed by atoms with Crippen LogP contribution in [0.1, 0.15) is 23.4 Å². The number of nitrogens with zero attached hydrogens (tertiary/aromatic N) is 2. The average molecular weight is 296 g/mol. The number of aliphatic hydroxyl groups excluding tert-OH is 2. The van der Waals surface area contributed by atoms with Gasteiger partial charge in [0.1, 0.15) is 5.76 Å². The summed E-state index contributed by atoms with van der Waals surface area (Å²) in [7, 11) is 0. The van der Waals surface area contributed by atoms with Gasteiger partial charge < -0.3 is 14.7 Å². The molecule has 5 nitrogen and oxygen atoms in total. The van der Waals surface area contributed by atoms with Crippen molar-refractivity contribution in [3.05, 3.63) is 17.0 Å². The van der Waals surface area contributed by atoms with E-state index in [1.54, 1.807) is 13.8 Å². The molecule has 1 atom stereocenters. The van der Waals surface area contributed by atoms with Crippen molar-refractivity contribution in [3.8, 4) is 0 Å². The summed E-state index contributed by atoms with van der Waals surface area (Å²) < 4.78 is 41.9. The molecular formula is C12H19F3N2O3. The van der Waals surface area contributed by atoms with Gasteiger partial charge in [0.05, 0.1) is 24.8 Å². The third-order valence-corrected chi connectivity index (χ3v) is 2.95. The molecule has 0 aromatic carbocycles. The molecule has 0 aliphatic heterocycles. The molecule has 20 heavy (non-hydrogen) atoms. The zero-order valence-electron chi connectivity index (χ0n) is 11.4. The second-order valence-corrected chi connectivity index (χ2v) is 4.74. The summed E-state index contributed by atoms with van der Waals surface area (Å²) in [5.41, 5.74) is 1.32. The molecule has 0 unspecified atom stereocenters. The molecule has 0 saturated heterocycles. The zero-order chi connectivity index (χ0) is 15.3. The highest BCUT2D eigenvalue weighted by Crippen LogP contribution is 2.21. The molecule has 2 N–H and O–H groups in total. The second-order valence-electron chi connectivity index (χ2n) is 4.74. The number of halogens is 3. The number of aliphatic hydroxyl groups is 2. The normalized spacial score (nSPS) is 14.0. The molecule has 0 saturated carbocycles. The van der Waals surface area contributed by atoms with Gasteiger partial charge in [-0.1, -0.05) is 5.16 Å². The van der Waals surface area contributed by atoms with E-state index >= 15 is 0 Å². The lowest BCUT2D eigenvalue weighted by atomic mass is 10.1. The van der Waals surface area contributed by atoms with E-state index in [-0.39, 0.29) is 19.6 Å². The lowest BCUT2D eigenvalue weighted by Gasteiger charge is -2.24. The second kappa shape index (κ2) is 7.05. The van der Waals surface area contributed by atoms with E-state index in [0.29, 0.717) is 17.0 Å². The molecule has 8 heteroatoms. The summed E-state index contributed by atoms with van der Waals surface area (Å²) in [6, 6.07) is 0. The Morgan fingerprint density at radius 1 is 1.35 bits per heavy atom. The fraction of sp³-hybridized carbons (Fsp3) is 0.750. The van der Waals surface area contributed by atoms with Crippen LogP contribution >= 0.6 is 0 Å². The highest BCUT2D eigenvalue weighted by Gasteiger charge is 2.28. The molecule has 0 radical (unpaired) electrons. The van der Waals surface area contributed by atoms with Gasteiger partial charge in [-0.2, -0.15) is 13.2 Å². The third-order valence-electron chi connectivity index (χ3n) is 2.95. The van der Waals surface area contributed by atoms with Crippen molar-refractivity contribution in [2.75, 3.05) is 19.7 Å². The highest BCUT2D eigenvalue weighted by molar-refractivity contribution is 5.20. The predicted molar refractivity (Wildman–Crippen MR) is 65.0 cm³/mol. The Morgan fingerprint density at radius 3 is 2.45 bits per heavy atom. The van der Waals surface area contributed by atoms with Crippen LogP contribution in [0.25, 0.3) is 0 Å². The minimum Gasteiger partial charge on any atom is -0.394 e. The molecule has 0 bridgehead atoms. The molecule has 0 aliphatic carbocycles. The maximum absolute atomic E-state index is 12.3. The van der Waals surface area contributed by atoms with E-state index in [4.69, 9.17) is 9.63 Å². The average Bonchev–Trinajstić information content (AvgIpc) is 2.66. The molecule has 1 heterocycles. The summed E-state index contributed by atoms with van der Waals surface area (Å²) in [6.45, 7) is 2.77. The summed E-state index contributed by atoms with van der Waals surface area (Å²) in [6.07, 6.45) is -6.32. The maximum atomic E-state index is 12.3. The molecule has 0 fully saturated rings. The van der Waals surface area contributed by atoms with Crippen molar-refractivity contribution in [1.29, 1.82) is 0 Å². The minimum atomic E-state index is -4.26. The van der Waals surface area contributed by atoms with Crippen molar-refractivity contribution >= 4 is 0 Å². The van der Waals surface area contributed by atoms with Crippen LogP contribution in [0.15, 0.2) is 4.52 Å². The fourth-order valence-electron chi connectivity index (χ4n) is 1.83. The largest absolute Gasteiger partial charge is 0.394 e. The zero-order valence-corrected chi connectivity index (χ0v) is 11.4. The van der Waals surface area contributed by atoms with E-state index in [2.05, 4.69) is 5.16 Å². The summed E-state index contributed by atoms with van der Waals surface area (Å²) in [5, 5.41) is 22.0. The molecule has 0 amide bonds. The van der Waals surface area contributed by atoms with Crippen molar-refractivity contribution in [2.24, 2.45) is 0 Å². The van der Waals surface area contributed by atoms with Crippen LogP contribution in [0.3, 0.4) is 0 Å². The van der Waals surface area contributed by atoms with Crippen molar-refractivity contribution in [1.82, 2.24) is 10.1 Å². The number of hydrogen-bond donors (Lipinski definition) is 2. The molecule has 1 aromatic heterocycles. The smallest absolute Gasteiger partial charge is 0.390 e. The number of hydrogen-bond acceptors (Lipinski definition) is 5. The van der Waals surface area contributed by atoms with Gasteiger partial charge in [0.25, 0.3) is 0 Å². The Balaban J connectivity index is 2.71. The summed E-state index contributed by atoms with van der Waals surface area (Å²) in [5.74, 6) is 0.540. The van der Waals surface area contributed by atoms with Gasteiger partial charge in [-0.05, 0) is 13.8 Å². The lowest BCUT2D eigenvalue weighted by Crippen LogP contribution is -2.36. The number of alkyl halides is 3. The molecular weight excluding hydrogens is 277 g/mol. The number of aryl methyl sites for hydroxylation is 2. The topological polar surface area (TPSA) is 69.7 Å². The maximum Gasteiger partial charge on any atom is 0.390 e. The number of rotatable bonds is 7.